The number of pyridine rings is 1. The molecule has 4 aromatic rings. The van der Waals surface area contributed by atoms with E-state index in [4.69, 9.17) is 0 Å². The fraction of sp³-hybridized carbons (Fsp3) is 0.250. The second-order valence-electron chi connectivity index (χ2n) is 8.35. The minimum Gasteiger partial charge on any atom is -0.390 e. The van der Waals surface area contributed by atoms with Crippen LogP contribution in [0.25, 0.3) is 22.4 Å². The quantitative estimate of drug-likeness (QED) is 0.479. The van der Waals surface area contributed by atoms with Gasteiger partial charge in [-0.15, -0.1) is 0 Å². The highest BCUT2D eigenvalue weighted by Gasteiger charge is 2.18. The number of hydrogen-bond acceptors (Lipinski definition) is 5. The molecule has 0 bridgehead atoms. The number of aryl methyl sites for hydroxylation is 2. The van der Waals surface area contributed by atoms with Crippen molar-refractivity contribution in [1.82, 2.24) is 19.6 Å². The lowest BCUT2D eigenvalue weighted by Crippen LogP contribution is -2.23. The van der Waals surface area contributed by atoms with Crippen molar-refractivity contribution in [3.05, 3.63) is 77.6 Å². The Labute approximate surface area is 185 Å². The molecule has 1 amide bonds. The van der Waals surface area contributed by atoms with E-state index in [-0.39, 0.29) is 11.7 Å². The molecule has 1 aromatic carbocycles. The second-order valence-corrected chi connectivity index (χ2v) is 8.35. The van der Waals surface area contributed by atoms with Gasteiger partial charge >= 0.3 is 0 Å². The van der Waals surface area contributed by atoms with Crippen molar-refractivity contribution in [2.45, 2.75) is 39.2 Å². The van der Waals surface area contributed by atoms with Gasteiger partial charge in [-0.1, -0.05) is 6.07 Å². The van der Waals surface area contributed by atoms with Crippen LogP contribution in [-0.4, -0.2) is 36.2 Å². The smallest absolute Gasteiger partial charge is 0.273 e. The number of hydrogen-bond donors (Lipinski definition) is 2. The average molecular weight is 433 g/mol. The van der Waals surface area contributed by atoms with Gasteiger partial charge in [0.25, 0.3) is 5.91 Å². The van der Waals surface area contributed by atoms with Crippen molar-refractivity contribution < 1.29 is 14.3 Å². The van der Waals surface area contributed by atoms with Gasteiger partial charge in [0, 0.05) is 24.0 Å². The lowest BCUT2D eigenvalue weighted by molar-refractivity contribution is 0.0714. The third kappa shape index (κ3) is 4.65. The van der Waals surface area contributed by atoms with E-state index in [1.54, 1.807) is 56.0 Å². The molecule has 0 aliphatic heterocycles. The summed E-state index contributed by atoms with van der Waals surface area (Å²) in [5.74, 6) is -0.304. The summed E-state index contributed by atoms with van der Waals surface area (Å²) in [5, 5.41) is 10.8. The van der Waals surface area contributed by atoms with Gasteiger partial charge in [0.05, 0.1) is 22.4 Å². The standard InChI is InChI=1S/C24H24FN5O2/c1-15-19(13-27-22(28-15)20-6-4-5-11-26-20)23(31)29-30-14-16(9-10-24(2,3)32)18-12-17(25)7-8-21(18)30/h4-8,11-14,32H,9-10H2,1-3H3,(H,29,31). The molecule has 7 nitrogen and oxygen atoms in total. The second kappa shape index (κ2) is 8.47. The maximum absolute atomic E-state index is 13.9. The highest BCUT2D eigenvalue weighted by atomic mass is 19.1. The van der Waals surface area contributed by atoms with Gasteiger partial charge in [0.1, 0.15) is 11.5 Å². The lowest BCUT2D eigenvalue weighted by atomic mass is 9.99. The van der Waals surface area contributed by atoms with E-state index < -0.39 is 5.60 Å². The topological polar surface area (TPSA) is 92.9 Å². The third-order valence-corrected chi connectivity index (χ3v) is 5.20. The number of nitrogens with zero attached hydrogens (tertiary/aromatic N) is 4. The van der Waals surface area contributed by atoms with E-state index in [9.17, 15) is 14.3 Å². The van der Waals surface area contributed by atoms with Gasteiger partial charge in [-0.05, 0) is 69.5 Å². The summed E-state index contributed by atoms with van der Waals surface area (Å²) >= 11 is 0. The van der Waals surface area contributed by atoms with Crippen molar-refractivity contribution in [3.63, 3.8) is 0 Å². The lowest BCUT2D eigenvalue weighted by Gasteiger charge is -2.16. The summed E-state index contributed by atoms with van der Waals surface area (Å²) in [6.45, 7) is 5.19. The molecular formula is C24H24FN5O2. The summed E-state index contributed by atoms with van der Waals surface area (Å²) in [4.78, 5) is 25.9. The van der Waals surface area contributed by atoms with E-state index in [2.05, 4.69) is 20.4 Å². The third-order valence-electron chi connectivity index (χ3n) is 5.20. The summed E-state index contributed by atoms with van der Waals surface area (Å²) < 4.78 is 15.5. The van der Waals surface area contributed by atoms with Gasteiger partial charge < -0.3 is 5.11 Å². The molecule has 0 unspecified atom stereocenters. The molecule has 8 heteroatoms. The Morgan fingerprint density at radius 2 is 2.03 bits per heavy atom. The van der Waals surface area contributed by atoms with Gasteiger partial charge in [-0.3, -0.25) is 19.9 Å². The molecule has 0 aliphatic carbocycles. The monoisotopic (exact) mass is 433 g/mol. The van der Waals surface area contributed by atoms with E-state index in [1.165, 1.54) is 18.3 Å². The molecule has 0 atom stereocenters. The van der Waals surface area contributed by atoms with Gasteiger partial charge in [-0.25, -0.2) is 14.4 Å². The van der Waals surface area contributed by atoms with Crippen LogP contribution in [0.4, 0.5) is 4.39 Å². The zero-order chi connectivity index (χ0) is 22.9. The van der Waals surface area contributed by atoms with Crippen LogP contribution in [0.5, 0.6) is 0 Å². The highest BCUT2D eigenvalue weighted by molar-refractivity contribution is 6.01. The number of aromatic nitrogens is 4. The van der Waals surface area contributed by atoms with Gasteiger partial charge in [0.15, 0.2) is 5.82 Å². The minimum atomic E-state index is -0.852. The first-order valence-electron chi connectivity index (χ1n) is 10.3. The van der Waals surface area contributed by atoms with Crippen LogP contribution in [0.15, 0.2) is 55.0 Å². The van der Waals surface area contributed by atoms with Crippen LogP contribution in [0, 0.1) is 12.7 Å². The number of aliphatic hydroxyl groups is 1. The molecule has 0 fully saturated rings. The van der Waals surface area contributed by atoms with Crippen molar-refractivity contribution in [1.29, 1.82) is 0 Å². The highest BCUT2D eigenvalue weighted by Crippen LogP contribution is 2.25. The van der Waals surface area contributed by atoms with Gasteiger partial charge in [0.2, 0.25) is 0 Å². The Morgan fingerprint density at radius 3 is 2.72 bits per heavy atom. The molecular weight excluding hydrogens is 409 g/mol. The molecule has 32 heavy (non-hydrogen) atoms. The van der Waals surface area contributed by atoms with E-state index in [0.29, 0.717) is 46.5 Å². The van der Waals surface area contributed by atoms with E-state index in [0.717, 1.165) is 5.56 Å². The molecule has 0 saturated heterocycles. The first-order chi connectivity index (χ1) is 15.2. The van der Waals surface area contributed by atoms with Crippen LogP contribution < -0.4 is 5.43 Å². The van der Waals surface area contributed by atoms with Crippen molar-refractivity contribution in [3.8, 4) is 11.5 Å². The normalized spacial score (nSPS) is 11.7. The number of amides is 1. The predicted molar refractivity (Wildman–Crippen MR) is 120 cm³/mol. The van der Waals surface area contributed by atoms with Crippen molar-refractivity contribution in [2.75, 3.05) is 5.43 Å². The summed E-state index contributed by atoms with van der Waals surface area (Å²) in [6, 6.07) is 9.85. The number of carbonyl (C=O) groups is 1. The Morgan fingerprint density at radius 1 is 1.22 bits per heavy atom. The Hall–Kier alpha value is -3.65. The molecule has 164 valence electrons. The molecule has 3 aromatic heterocycles. The number of halogens is 1. The van der Waals surface area contributed by atoms with Crippen LogP contribution in [-0.2, 0) is 6.42 Å². The summed E-state index contributed by atoms with van der Waals surface area (Å²) in [6.07, 6.45) is 5.92. The fourth-order valence-corrected chi connectivity index (χ4v) is 3.48. The fourth-order valence-electron chi connectivity index (χ4n) is 3.48. The number of nitrogens with one attached hydrogen (secondary N) is 1. The van der Waals surface area contributed by atoms with Crippen molar-refractivity contribution >= 4 is 16.8 Å². The Kier molecular flexibility index (Phi) is 5.71. The maximum Gasteiger partial charge on any atom is 0.273 e. The first-order valence-corrected chi connectivity index (χ1v) is 10.3. The molecule has 0 spiro atoms. The minimum absolute atomic E-state index is 0.326. The number of fused-ring (bicyclic) bond motifs is 1. The number of carbonyl (C=O) groups excluding carboxylic acids is 1. The van der Waals surface area contributed by atoms with Crippen molar-refractivity contribution in [2.24, 2.45) is 0 Å². The molecule has 3 heterocycles. The summed E-state index contributed by atoms with van der Waals surface area (Å²) in [5.41, 5.74) is 4.94. The van der Waals surface area contributed by atoms with Gasteiger partial charge in [-0.2, -0.15) is 0 Å². The maximum atomic E-state index is 13.9. The van der Waals surface area contributed by atoms with Crippen LogP contribution in [0.3, 0.4) is 0 Å². The summed E-state index contributed by atoms with van der Waals surface area (Å²) in [7, 11) is 0. The zero-order valence-electron chi connectivity index (χ0n) is 18.1. The molecule has 0 aliphatic rings. The first kappa shape index (κ1) is 21.6. The largest absolute Gasteiger partial charge is 0.390 e. The van der Waals surface area contributed by atoms with E-state index >= 15 is 0 Å². The SMILES string of the molecule is Cc1nc(-c2ccccn2)ncc1C(=O)Nn1cc(CCC(C)(C)O)c2cc(F)ccc21. The Balaban J connectivity index is 1.62. The predicted octanol–water partition coefficient (Wildman–Crippen LogP) is 4.03. The van der Waals surface area contributed by atoms with Crippen LogP contribution in [0.2, 0.25) is 0 Å². The Bertz CT molecular complexity index is 1280. The van der Waals surface area contributed by atoms with Crippen LogP contribution >= 0.6 is 0 Å². The zero-order valence-corrected chi connectivity index (χ0v) is 18.1. The van der Waals surface area contributed by atoms with Crippen LogP contribution in [0.1, 0.15) is 41.9 Å². The molecule has 0 saturated carbocycles. The van der Waals surface area contributed by atoms with E-state index in [1.807, 2.05) is 6.07 Å². The molecule has 2 N–H and O–H groups in total. The number of benzene rings is 1. The molecule has 0 radical (unpaired) electrons. The number of rotatable bonds is 6. The molecule has 4 rings (SSSR count). The average Bonchev–Trinajstić information content (AvgIpc) is 3.08.